The number of hydrogen-bond donors (Lipinski definition) is 0. The van der Waals surface area contributed by atoms with E-state index in [2.05, 4.69) is 6.92 Å². The van der Waals surface area contributed by atoms with Crippen LogP contribution in [0.1, 0.15) is 30.0 Å². The normalized spacial score (nSPS) is 15.8. The van der Waals surface area contributed by atoms with Gasteiger partial charge in [-0.1, -0.05) is 54.4 Å². The number of halogens is 1. The van der Waals surface area contributed by atoms with Crippen molar-refractivity contribution in [1.82, 2.24) is 4.90 Å². The van der Waals surface area contributed by atoms with Gasteiger partial charge in [-0.2, -0.15) is 0 Å². The van der Waals surface area contributed by atoms with Crippen LogP contribution in [0.4, 0.5) is 5.69 Å². The van der Waals surface area contributed by atoms with E-state index in [4.69, 9.17) is 26.1 Å². The second kappa shape index (κ2) is 11.5. The van der Waals surface area contributed by atoms with Crippen LogP contribution in [0.25, 0.3) is 6.08 Å². The van der Waals surface area contributed by atoms with Crippen molar-refractivity contribution < 1.29 is 14.3 Å². The molecule has 1 fully saturated rings. The molecule has 1 saturated heterocycles. The molecule has 1 amide bonds. The fourth-order valence-corrected chi connectivity index (χ4v) is 4.68. The molecule has 35 heavy (non-hydrogen) atoms. The second-order valence-corrected chi connectivity index (χ2v) is 9.57. The Morgan fingerprint density at radius 1 is 1.03 bits per heavy atom. The van der Waals surface area contributed by atoms with E-state index in [0.717, 1.165) is 23.2 Å². The summed E-state index contributed by atoms with van der Waals surface area (Å²) in [6.45, 7) is 5.11. The molecule has 0 radical (unpaired) electrons. The van der Waals surface area contributed by atoms with Crippen molar-refractivity contribution in [2.45, 2.75) is 26.9 Å². The molecule has 0 saturated carbocycles. The lowest BCUT2D eigenvalue weighted by atomic mass is 10.1. The second-order valence-electron chi connectivity index (χ2n) is 8.12. The van der Waals surface area contributed by atoms with E-state index in [1.807, 2.05) is 79.7 Å². The Balaban J connectivity index is 1.54. The number of methoxy groups -OCH3 is 1. The predicted molar refractivity (Wildman–Crippen MR) is 145 cm³/mol. The van der Waals surface area contributed by atoms with Gasteiger partial charge in [-0.25, -0.2) is 4.99 Å². The summed E-state index contributed by atoms with van der Waals surface area (Å²) < 4.78 is 11.5. The molecule has 1 heterocycles. The summed E-state index contributed by atoms with van der Waals surface area (Å²) in [5.74, 6) is 1.19. The van der Waals surface area contributed by atoms with E-state index >= 15 is 0 Å². The van der Waals surface area contributed by atoms with Crippen LogP contribution < -0.4 is 9.47 Å². The number of amidine groups is 1. The van der Waals surface area contributed by atoms with Crippen molar-refractivity contribution in [3.05, 3.63) is 93.3 Å². The molecule has 3 aromatic carbocycles. The molecular weight excluding hydrogens is 480 g/mol. The van der Waals surface area contributed by atoms with Crippen molar-refractivity contribution >= 4 is 46.2 Å². The van der Waals surface area contributed by atoms with Gasteiger partial charge in [0.1, 0.15) is 6.61 Å². The van der Waals surface area contributed by atoms with Crippen LogP contribution in [0.5, 0.6) is 11.5 Å². The number of rotatable bonds is 8. The third kappa shape index (κ3) is 6.27. The maximum absolute atomic E-state index is 13.1. The van der Waals surface area contributed by atoms with E-state index in [1.165, 1.54) is 17.3 Å². The number of ether oxygens (including phenoxy) is 2. The molecule has 180 valence electrons. The number of hydrogen-bond acceptors (Lipinski definition) is 5. The monoisotopic (exact) mass is 506 g/mol. The first kappa shape index (κ1) is 24.9. The van der Waals surface area contributed by atoms with Crippen LogP contribution in [0.3, 0.4) is 0 Å². The minimum atomic E-state index is -0.0373. The van der Waals surface area contributed by atoms with Gasteiger partial charge < -0.3 is 9.47 Å². The Morgan fingerprint density at radius 2 is 1.77 bits per heavy atom. The lowest BCUT2D eigenvalue weighted by Gasteiger charge is -2.14. The highest BCUT2D eigenvalue weighted by Gasteiger charge is 2.32. The van der Waals surface area contributed by atoms with Crippen LogP contribution >= 0.6 is 23.4 Å². The molecule has 0 bridgehead atoms. The number of carbonyl (C=O) groups is 1. The molecule has 0 aromatic heterocycles. The van der Waals surface area contributed by atoms with Crippen LogP contribution in [0.15, 0.2) is 76.6 Å². The largest absolute Gasteiger partial charge is 0.493 e. The first-order chi connectivity index (χ1) is 17.0. The smallest absolute Gasteiger partial charge is 0.266 e. The molecule has 1 aliphatic heterocycles. The van der Waals surface area contributed by atoms with Crippen molar-refractivity contribution in [3.8, 4) is 11.5 Å². The Hall–Kier alpha value is -3.22. The van der Waals surface area contributed by atoms with Crippen LogP contribution in [-0.2, 0) is 11.4 Å². The summed E-state index contributed by atoms with van der Waals surface area (Å²) in [6.07, 6.45) is 2.72. The van der Waals surface area contributed by atoms with Crippen molar-refractivity contribution in [1.29, 1.82) is 0 Å². The molecule has 0 unspecified atom stereocenters. The molecule has 0 aliphatic carbocycles. The summed E-state index contributed by atoms with van der Waals surface area (Å²) in [7, 11) is 1.60. The van der Waals surface area contributed by atoms with Gasteiger partial charge in [0, 0.05) is 11.6 Å². The Morgan fingerprint density at radius 3 is 2.46 bits per heavy atom. The highest BCUT2D eigenvalue weighted by Crippen LogP contribution is 2.36. The van der Waals surface area contributed by atoms with Crippen LogP contribution in [0.2, 0.25) is 5.02 Å². The minimum Gasteiger partial charge on any atom is -0.493 e. The number of aliphatic imine (C=N–C) groups is 1. The Labute approximate surface area is 215 Å². The average Bonchev–Trinajstić information content (AvgIpc) is 3.14. The molecule has 0 spiro atoms. The van der Waals surface area contributed by atoms with Crippen molar-refractivity contribution in [2.75, 3.05) is 13.7 Å². The van der Waals surface area contributed by atoms with Crippen molar-refractivity contribution in [3.63, 3.8) is 0 Å². The maximum Gasteiger partial charge on any atom is 0.266 e. The summed E-state index contributed by atoms with van der Waals surface area (Å²) in [5, 5.41) is 1.38. The lowest BCUT2D eigenvalue weighted by molar-refractivity contribution is -0.122. The van der Waals surface area contributed by atoms with Gasteiger partial charge in [0.2, 0.25) is 0 Å². The van der Waals surface area contributed by atoms with Crippen LogP contribution in [0, 0.1) is 6.92 Å². The number of thioether (sulfide) groups is 1. The number of nitrogens with zero attached hydrogens (tertiary/aromatic N) is 2. The SMILES string of the molecule is CCCN1C(=O)/C(=C\c2ccc(OCc3ccc(Cl)cc3)c(OC)c2)SC1=Nc1ccc(C)cc1. The van der Waals surface area contributed by atoms with Gasteiger partial charge in [0.25, 0.3) is 5.91 Å². The zero-order chi connectivity index (χ0) is 24.8. The molecule has 0 atom stereocenters. The Bertz CT molecular complexity index is 1250. The molecule has 0 N–H and O–H groups in total. The van der Waals surface area contributed by atoms with E-state index in [0.29, 0.717) is 39.7 Å². The number of aryl methyl sites for hydroxylation is 1. The lowest BCUT2D eigenvalue weighted by Crippen LogP contribution is -2.29. The summed E-state index contributed by atoms with van der Waals surface area (Å²) in [4.78, 5) is 20.3. The number of carbonyl (C=O) groups excluding carboxylic acids is 1. The molecule has 7 heteroatoms. The van der Waals surface area contributed by atoms with E-state index in [1.54, 1.807) is 12.0 Å². The van der Waals surface area contributed by atoms with Gasteiger partial charge in [0.15, 0.2) is 16.7 Å². The highest BCUT2D eigenvalue weighted by atomic mass is 35.5. The summed E-state index contributed by atoms with van der Waals surface area (Å²) >= 11 is 7.34. The fraction of sp³-hybridized carbons (Fsp3) is 0.214. The van der Waals surface area contributed by atoms with Gasteiger partial charge in [-0.15, -0.1) is 0 Å². The number of amides is 1. The zero-order valence-corrected chi connectivity index (χ0v) is 21.5. The average molecular weight is 507 g/mol. The van der Waals surface area contributed by atoms with E-state index in [-0.39, 0.29) is 5.91 Å². The van der Waals surface area contributed by atoms with Gasteiger partial charge in [-0.05, 0) is 78.7 Å². The first-order valence-electron chi connectivity index (χ1n) is 11.4. The molecule has 5 nitrogen and oxygen atoms in total. The molecule has 4 rings (SSSR count). The molecule has 1 aliphatic rings. The summed E-state index contributed by atoms with van der Waals surface area (Å²) in [6, 6.07) is 21.1. The maximum atomic E-state index is 13.1. The van der Waals surface area contributed by atoms with E-state index < -0.39 is 0 Å². The van der Waals surface area contributed by atoms with Gasteiger partial charge in [0.05, 0.1) is 17.7 Å². The van der Waals surface area contributed by atoms with Crippen molar-refractivity contribution in [2.24, 2.45) is 4.99 Å². The Kier molecular flexibility index (Phi) is 8.16. The van der Waals surface area contributed by atoms with Crippen LogP contribution in [-0.4, -0.2) is 29.6 Å². The fourth-order valence-electron chi connectivity index (χ4n) is 3.53. The third-order valence-electron chi connectivity index (χ3n) is 5.39. The first-order valence-corrected chi connectivity index (χ1v) is 12.6. The minimum absolute atomic E-state index is 0.0373. The third-order valence-corrected chi connectivity index (χ3v) is 6.65. The number of benzene rings is 3. The topological polar surface area (TPSA) is 51.1 Å². The molecule has 3 aromatic rings. The zero-order valence-electron chi connectivity index (χ0n) is 20.0. The molecular formula is C28H27ClN2O3S. The highest BCUT2D eigenvalue weighted by molar-refractivity contribution is 8.18. The quantitative estimate of drug-likeness (QED) is 0.302. The predicted octanol–water partition coefficient (Wildman–Crippen LogP) is 7.25. The summed E-state index contributed by atoms with van der Waals surface area (Å²) in [5.41, 5.74) is 3.86. The van der Waals surface area contributed by atoms with Gasteiger partial charge >= 0.3 is 0 Å². The van der Waals surface area contributed by atoms with E-state index in [9.17, 15) is 4.79 Å². The standard InChI is InChI=1S/C28H27ClN2O3S/c1-4-15-31-27(32)26(35-28(31)30-23-12-5-19(2)6-13-23)17-21-9-14-24(25(16-21)33-3)34-18-20-7-10-22(29)11-8-20/h5-14,16-17H,4,15,18H2,1-3H3/b26-17+,30-28?. The van der Waals surface area contributed by atoms with Gasteiger partial charge in [-0.3, -0.25) is 9.69 Å².